The van der Waals surface area contributed by atoms with E-state index in [1.54, 1.807) is 34.3 Å². The van der Waals surface area contributed by atoms with Gasteiger partial charge < -0.3 is 9.64 Å². The number of methoxy groups -OCH3 is 1. The molecule has 2 aromatic carbocycles. The van der Waals surface area contributed by atoms with E-state index in [4.69, 9.17) is 4.74 Å². The van der Waals surface area contributed by atoms with Crippen LogP contribution >= 0.6 is 0 Å². The molecule has 9 nitrogen and oxygen atoms in total. The molecule has 10 heteroatoms. The number of anilines is 1. The van der Waals surface area contributed by atoms with E-state index in [1.807, 2.05) is 43.3 Å². The van der Waals surface area contributed by atoms with E-state index in [1.165, 1.54) is 6.33 Å². The zero-order valence-corrected chi connectivity index (χ0v) is 19.9. The molecule has 1 aliphatic heterocycles. The second-order valence-corrected chi connectivity index (χ2v) is 10.0. The number of fused-ring (bicyclic) bond motifs is 1. The van der Waals surface area contributed by atoms with Crippen LogP contribution in [0.25, 0.3) is 16.9 Å². The first kappa shape index (κ1) is 22.3. The molecular formula is C24H26N6O3S. The predicted molar refractivity (Wildman–Crippen MR) is 130 cm³/mol. The third-order valence-corrected chi connectivity index (χ3v) is 8.10. The summed E-state index contributed by atoms with van der Waals surface area (Å²) in [5, 5.41) is 4.39. The van der Waals surface area contributed by atoms with Gasteiger partial charge in [0.05, 0.1) is 12.0 Å². The average Bonchev–Trinajstić information content (AvgIpc) is 3.37. The third kappa shape index (κ3) is 3.99. The van der Waals surface area contributed by atoms with Gasteiger partial charge in [-0.25, -0.2) is 13.4 Å². The van der Waals surface area contributed by atoms with Gasteiger partial charge in [-0.1, -0.05) is 31.2 Å². The zero-order valence-electron chi connectivity index (χ0n) is 19.1. The normalized spacial score (nSPS) is 15.1. The van der Waals surface area contributed by atoms with Crippen molar-refractivity contribution >= 4 is 21.6 Å². The van der Waals surface area contributed by atoms with Crippen molar-refractivity contribution in [3.05, 3.63) is 66.6 Å². The molecule has 0 aliphatic carbocycles. The fourth-order valence-electron chi connectivity index (χ4n) is 4.23. The lowest BCUT2D eigenvalue weighted by Gasteiger charge is -2.36. The molecule has 4 aromatic rings. The van der Waals surface area contributed by atoms with Gasteiger partial charge in [-0.2, -0.15) is 18.9 Å². The Morgan fingerprint density at radius 1 is 0.941 bits per heavy atom. The van der Waals surface area contributed by atoms with Crippen LogP contribution in [0.3, 0.4) is 0 Å². The Labute approximate surface area is 198 Å². The van der Waals surface area contributed by atoms with Crippen molar-refractivity contribution in [2.24, 2.45) is 0 Å². The topological polar surface area (TPSA) is 92.9 Å². The Morgan fingerprint density at radius 2 is 1.65 bits per heavy atom. The molecule has 2 aromatic heterocycles. The minimum atomic E-state index is -3.55. The molecule has 176 valence electrons. The highest BCUT2D eigenvalue weighted by Gasteiger charge is 2.30. The van der Waals surface area contributed by atoms with Crippen molar-refractivity contribution in [2.75, 3.05) is 38.2 Å². The van der Waals surface area contributed by atoms with Crippen molar-refractivity contribution in [3.63, 3.8) is 0 Å². The fourth-order valence-corrected chi connectivity index (χ4v) is 5.65. The van der Waals surface area contributed by atoms with Gasteiger partial charge in [0.15, 0.2) is 0 Å². The highest BCUT2D eigenvalue weighted by atomic mass is 32.2. The number of piperazine rings is 1. The maximum atomic E-state index is 13.2. The van der Waals surface area contributed by atoms with Crippen molar-refractivity contribution in [1.29, 1.82) is 0 Å². The molecule has 1 aliphatic rings. The lowest BCUT2D eigenvalue weighted by Crippen LogP contribution is -2.49. The molecule has 5 rings (SSSR count). The maximum Gasteiger partial charge on any atom is 0.254 e. The monoisotopic (exact) mass is 478 g/mol. The van der Waals surface area contributed by atoms with E-state index < -0.39 is 10.0 Å². The summed E-state index contributed by atoms with van der Waals surface area (Å²) in [6.07, 6.45) is 4.14. The molecule has 0 bridgehead atoms. The molecule has 34 heavy (non-hydrogen) atoms. The Hall–Kier alpha value is -3.50. The largest absolute Gasteiger partial charge is 0.497 e. The molecule has 0 saturated carbocycles. The van der Waals surface area contributed by atoms with Crippen LogP contribution in [-0.2, 0) is 16.4 Å². The predicted octanol–water partition coefficient (Wildman–Crippen LogP) is 2.87. The maximum absolute atomic E-state index is 13.2. The highest BCUT2D eigenvalue weighted by molar-refractivity contribution is 7.89. The highest BCUT2D eigenvalue weighted by Crippen LogP contribution is 2.32. The molecule has 1 fully saturated rings. The molecule has 0 N–H and O–H groups in total. The van der Waals surface area contributed by atoms with Crippen LogP contribution in [0.1, 0.15) is 12.5 Å². The molecule has 0 atom stereocenters. The molecule has 1 saturated heterocycles. The summed E-state index contributed by atoms with van der Waals surface area (Å²) in [6.45, 7) is 3.84. The van der Waals surface area contributed by atoms with E-state index in [2.05, 4.69) is 20.0 Å². The van der Waals surface area contributed by atoms with Crippen LogP contribution < -0.4 is 9.64 Å². The number of nitrogens with zero attached hydrogens (tertiary/aromatic N) is 6. The summed E-state index contributed by atoms with van der Waals surface area (Å²) in [4.78, 5) is 11.2. The Kier molecular flexibility index (Phi) is 5.93. The third-order valence-electron chi connectivity index (χ3n) is 6.19. The second-order valence-electron chi connectivity index (χ2n) is 8.08. The smallest absolute Gasteiger partial charge is 0.254 e. The van der Waals surface area contributed by atoms with Gasteiger partial charge in [0.25, 0.3) is 5.78 Å². The van der Waals surface area contributed by atoms with Crippen LogP contribution in [-0.4, -0.2) is 65.6 Å². The summed E-state index contributed by atoms with van der Waals surface area (Å²) < 4.78 is 35.0. The summed E-state index contributed by atoms with van der Waals surface area (Å²) in [5.41, 5.74) is 2.98. The minimum Gasteiger partial charge on any atom is -0.497 e. The number of benzene rings is 2. The number of sulfonamides is 1. The molecule has 3 heterocycles. The van der Waals surface area contributed by atoms with Crippen LogP contribution in [0, 0.1) is 0 Å². The number of aryl methyl sites for hydroxylation is 1. The SMILES string of the molecule is CCc1ccc(S(=O)(=O)N2CCN(c3c(-c4ccc(OC)cc4)cnc4ncnn34)CC2)cc1. The standard InChI is InChI=1S/C24H26N6O3S/c1-3-18-4-10-21(11-5-18)34(31,32)29-14-12-28(13-15-29)23-22(16-25-24-26-17-27-30(23)24)19-6-8-20(33-2)9-7-19/h4-11,16-17H,3,12-15H2,1-2H3. The Bertz CT molecular complexity index is 1390. The van der Waals surface area contributed by atoms with Crippen molar-refractivity contribution in [2.45, 2.75) is 18.2 Å². The number of rotatable bonds is 6. The minimum absolute atomic E-state index is 0.333. The lowest BCUT2D eigenvalue weighted by molar-refractivity contribution is 0.383. The van der Waals surface area contributed by atoms with Gasteiger partial charge in [-0.3, -0.25) is 0 Å². The summed E-state index contributed by atoms with van der Waals surface area (Å²) in [7, 11) is -1.91. The van der Waals surface area contributed by atoms with E-state index in [0.717, 1.165) is 34.7 Å². The van der Waals surface area contributed by atoms with Gasteiger partial charge in [0.2, 0.25) is 10.0 Å². The van der Waals surface area contributed by atoms with Crippen molar-refractivity contribution < 1.29 is 13.2 Å². The Morgan fingerprint density at radius 3 is 2.29 bits per heavy atom. The van der Waals surface area contributed by atoms with Gasteiger partial charge in [0, 0.05) is 37.9 Å². The molecular weight excluding hydrogens is 452 g/mol. The summed E-state index contributed by atoms with van der Waals surface area (Å²) in [5.74, 6) is 2.11. The number of aromatic nitrogens is 4. The fraction of sp³-hybridized carbons (Fsp3) is 0.292. The first-order chi connectivity index (χ1) is 16.5. The van der Waals surface area contributed by atoms with Crippen molar-refractivity contribution in [1.82, 2.24) is 23.9 Å². The zero-order chi connectivity index (χ0) is 23.7. The second kappa shape index (κ2) is 9.03. The van der Waals surface area contributed by atoms with Gasteiger partial charge >= 0.3 is 0 Å². The molecule has 0 spiro atoms. The van der Waals surface area contributed by atoms with Gasteiger partial charge in [-0.05, 0) is 41.8 Å². The van der Waals surface area contributed by atoms with Gasteiger partial charge in [-0.15, -0.1) is 0 Å². The molecule has 0 radical (unpaired) electrons. The first-order valence-electron chi connectivity index (χ1n) is 11.2. The molecule has 0 amide bonds. The van der Waals surface area contributed by atoms with E-state index in [0.29, 0.717) is 36.9 Å². The van der Waals surface area contributed by atoms with E-state index in [-0.39, 0.29) is 0 Å². The van der Waals surface area contributed by atoms with Crippen molar-refractivity contribution in [3.8, 4) is 16.9 Å². The van der Waals surface area contributed by atoms with Crippen LogP contribution in [0.5, 0.6) is 5.75 Å². The Balaban J connectivity index is 1.43. The van der Waals surface area contributed by atoms with Crippen LogP contribution in [0.2, 0.25) is 0 Å². The van der Waals surface area contributed by atoms with Crippen LogP contribution in [0.4, 0.5) is 5.82 Å². The van der Waals surface area contributed by atoms with Crippen LogP contribution in [0.15, 0.2) is 66.0 Å². The number of hydrogen-bond donors (Lipinski definition) is 0. The molecule has 0 unspecified atom stereocenters. The first-order valence-corrected chi connectivity index (χ1v) is 12.6. The van der Waals surface area contributed by atoms with Gasteiger partial charge in [0.1, 0.15) is 17.9 Å². The van der Waals surface area contributed by atoms with E-state index >= 15 is 0 Å². The number of hydrogen-bond acceptors (Lipinski definition) is 7. The summed E-state index contributed by atoms with van der Waals surface area (Å²) in [6, 6.07) is 14.9. The number of ether oxygens (including phenoxy) is 1. The average molecular weight is 479 g/mol. The lowest BCUT2D eigenvalue weighted by atomic mass is 10.1. The van der Waals surface area contributed by atoms with E-state index in [9.17, 15) is 8.42 Å². The quantitative estimate of drug-likeness (QED) is 0.421. The summed E-state index contributed by atoms with van der Waals surface area (Å²) >= 11 is 0.